The van der Waals surface area contributed by atoms with Gasteiger partial charge in [-0.1, -0.05) is 0 Å². The van der Waals surface area contributed by atoms with E-state index >= 15 is 0 Å². The van der Waals surface area contributed by atoms with Crippen molar-refractivity contribution in [2.24, 2.45) is 5.84 Å². The van der Waals surface area contributed by atoms with Gasteiger partial charge in [-0.05, 0) is 35.0 Å². The number of pyridine rings is 1. The van der Waals surface area contributed by atoms with Gasteiger partial charge in [-0.25, -0.2) is 4.98 Å². The van der Waals surface area contributed by atoms with E-state index in [9.17, 15) is 4.79 Å². The summed E-state index contributed by atoms with van der Waals surface area (Å²) in [5.41, 5.74) is 3.89. The highest BCUT2D eigenvalue weighted by Gasteiger charge is 2.07. The number of anilines is 1. The topological polar surface area (TPSA) is 85.8 Å². The molecule has 2 heterocycles. The fourth-order valence-corrected chi connectivity index (χ4v) is 1.87. The molecule has 2 aromatic heterocycles. The van der Waals surface area contributed by atoms with Gasteiger partial charge in [0.2, 0.25) is 0 Å². The number of nitrogens with two attached hydrogens (primary N) is 1. The smallest absolute Gasteiger partial charge is 0.268 e. The Labute approximate surface area is 112 Å². The Kier molecular flexibility index (Phi) is 3.73. The van der Waals surface area contributed by atoms with Crippen LogP contribution < -0.4 is 16.8 Å². The van der Waals surface area contributed by atoms with Gasteiger partial charge in [0.1, 0.15) is 10.3 Å². The SMILES string of the molecule is Cc1ncc(Br)c(=O)n1Cc1cc(NN)ccn1. The van der Waals surface area contributed by atoms with Crippen LogP contribution in [0.3, 0.4) is 0 Å². The van der Waals surface area contributed by atoms with Gasteiger partial charge in [-0.3, -0.25) is 20.2 Å². The standard InChI is InChI=1S/C11H12BrN5O/c1-7-15-5-10(12)11(18)17(7)6-9-4-8(16-13)2-3-14-9/h2-5H,6,13H2,1H3,(H,14,16). The first kappa shape index (κ1) is 12.7. The summed E-state index contributed by atoms with van der Waals surface area (Å²) in [5, 5.41) is 0. The van der Waals surface area contributed by atoms with Crippen LogP contribution in [0, 0.1) is 6.92 Å². The third kappa shape index (κ3) is 2.57. The van der Waals surface area contributed by atoms with E-state index in [1.165, 1.54) is 6.20 Å². The van der Waals surface area contributed by atoms with E-state index in [0.29, 0.717) is 16.8 Å². The Morgan fingerprint density at radius 1 is 1.50 bits per heavy atom. The van der Waals surface area contributed by atoms with Crippen LogP contribution in [-0.2, 0) is 6.54 Å². The van der Waals surface area contributed by atoms with Crippen molar-refractivity contribution in [1.29, 1.82) is 0 Å². The number of nitrogens with zero attached hydrogens (tertiary/aromatic N) is 3. The Morgan fingerprint density at radius 2 is 2.28 bits per heavy atom. The molecule has 6 nitrogen and oxygen atoms in total. The molecule has 0 bridgehead atoms. The van der Waals surface area contributed by atoms with Crippen molar-refractivity contribution in [2.75, 3.05) is 5.43 Å². The number of hydrogen-bond donors (Lipinski definition) is 2. The van der Waals surface area contributed by atoms with Crippen molar-refractivity contribution in [2.45, 2.75) is 13.5 Å². The van der Waals surface area contributed by atoms with Crippen LogP contribution in [0.1, 0.15) is 11.5 Å². The predicted molar refractivity (Wildman–Crippen MR) is 72.1 cm³/mol. The molecule has 2 aromatic rings. The normalized spacial score (nSPS) is 10.4. The maximum atomic E-state index is 12.0. The van der Waals surface area contributed by atoms with Crippen LogP contribution in [0.2, 0.25) is 0 Å². The van der Waals surface area contributed by atoms with Crippen LogP contribution in [-0.4, -0.2) is 14.5 Å². The molecular weight excluding hydrogens is 298 g/mol. The van der Waals surface area contributed by atoms with Gasteiger partial charge >= 0.3 is 0 Å². The summed E-state index contributed by atoms with van der Waals surface area (Å²) in [6, 6.07) is 3.53. The zero-order valence-corrected chi connectivity index (χ0v) is 11.3. The largest absolute Gasteiger partial charge is 0.324 e. The Bertz CT molecular complexity index is 625. The minimum atomic E-state index is -0.129. The molecule has 94 valence electrons. The number of aryl methyl sites for hydroxylation is 1. The number of nitrogen functional groups attached to an aromatic ring is 1. The third-order valence-electron chi connectivity index (χ3n) is 2.51. The lowest BCUT2D eigenvalue weighted by atomic mass is 10.3. The molecule has 7 heteroatoms. The van der Waals surface area contributed by atoms with E-state index in [-0.39, 0.29) is 5.56 Å². The molecule has 2 rings (SSSR count). The Morgan fingerprint density at radius 3 is 3.00 bits per heavy atom. The molecule has 0 atom stereocenters. The van der Waals surface area contributed by atoms with Crippen molar-refractivity contribution in [3.63, 3.8) is 0 Å². The van der Waals surface area contributed by atoms with Crippen LogP contribution in [0.15, 0.2) is 33.8 Å². The van der Waals surface area contributed by atoms with Crippen LogP contribution >= 0.6 is 15.9 Å². The highest BCUT2D eigenvalue weighted by Crippen LogP contribution is 2.08. The highest BCUT2D eigenvalue weighted by molar-refractivity contribution is 9.10. The summed E-state index contributed by atoms with van der Waals surface area (Å²) < 4.78 is 1.98. The maximum absolute atomic E-state index is 12.0. The molecule has 0 aliphatic heterocycles. The third-order valence-corrected chi connectivity index (χ3v) is 3.05. The number of hydrogen-bond acceptors (Lipinski definition) is 5. The number of halogens is 1. The van der Waals surface area contributed by atoms with Crippen molar-refractivity contribution in [1.82, 2.24) is 14.5 Å². The summed E-state index contributed by atoms with van der Waals surface area (Å²) in [7, 11) is 0. The van der Waals surface area contributed by atoms with E-state index < -0.39 is 0 Å². The molecule has 18 heavy (non-hydrogen) atoms. The quantitative estimate of drug-likeness (QED) is 0.653. The molecule has 0 saturated heterocycles. The van der Waals surface area contributed by atoms with E-state index in [4.69, 9.17) is 5.84 Å². The summed E-state index contributed by atoms with van der Waals surface area (Å²) in [5.74, 6) is 5.97. The number of hydrazine groups is 1. The summed E-state index contributed by atoms with van der Waals surface area (Å²) in [4.78, 5) is 20.3. The molecule has 0 fully saturated rings. The molecule has 0 radical (unpaired) electrons. The average Bonchev–Trinajstić information content (AvgIpc) is 2.39. The van der Waals surface area contributed by atoms with E-state index in [1.807, 2.05) is 0 Å². The summed E-state index contributed by atoms with van der Waals surface area (Å²) in [6.45, 7) is 2.13. The number of rotatable bonds is 3. The van der Waals surface area contributed by atoms with Gasteiger partial charge in [0, 0.05) is 12.4 Å². The first-order valence-corrected chi connectivity index (χ1v) is 6.04. The van der Waals surface area contributed by atoms with Crippen molar-refractivity contribution >= 4 is 21.6 Å². The van der Waals surface area contributed by atoms with Crippen LogP contribution in [0.5, 0.6) is 0 Å². The fourth-order valence-electron chi connectivity index (χ4n) is 1.55. The number of aromatic nitrogens is 3. The lowest BCUT2D eigenvalue weighted by Crippen LogP contribution is -2.25. The molecule has 3 N–H and O–H groups in total. The second-order valence-electron chi connectivity index (χ2n) is 3.72. The molecule has 0 aromatic carbocycles. The molecule has 0 unspecified atom stereocenters. The van der Waals surface area contributed by atoms with E-state index in [0.717, 1.165) is 11.4 Å². The van der Waals surface area contributed by atoms with Gasteiger partial charge in [0.15, 0.2) is 0 Å². The predicted octanol–water partition coefficient (Wildman–Crippen LogP) is 1.04. The molecule has 0 amide bonds. The molecule has 0 aliphatic rings. The lowest BCUT2D eigenvalue weighted by molar-refractivity contribution is 0.682. The van der Waals surface area contributed by atoms with Crippen LogP contribution in [0.25, 0.3) is 0 Å². The van der Waals surface area contributed by atoms with Gasteiger partial charge in [-0.15, -0.1) is 0 Å². The van der Waals surface area contributed by atoms with Crippen molar-refractivity contribution in [3.05, 3.63) is 50.9 Å². The minimum absolute atomic E-state index is 0.129. The van der Waals surface area contributed by atoms with Gasteiger partial charge in [-0.2, -0.15) is 0 Å². The van der Waals surface area contributed by atoms with E-state index in [2.05, 4.69) is 31.3 Å². The lowest BCUT2D eigenvalue weighted by Gasteiger charge is -2.09. The Balaban J connectivity index is 2.40. The van der Waals surface area contributed by atoms with Crippen molar-refractivity contribution < 1.29 is 0 Å². The second-order valence-corrected chi connectivity index (χ2v) is 4.58. The number of nitrogens with one attached hydrogen (secondary N) is 1. The van der Waals surface area contributed by atoms with Gasteiger partial charge in [0.05, 0.1) is 17.9 Å². The van der Waals surface area contributed by atoms with Gasteiger partial charge in [0.25, 0.3) is 5.56 Å². The zero-order chi connectivity index (χ0) is 13.1. The first-order valence-electron chi connectivity index (χ1n) is 5.25. The monoisotopic (exact) mass is 309 g/mol. The van der Waals surface area contributed by atoms with Gasteiger partial charge < -0.3 is 5.43 Å². The Hall–Kier alpha value is -1.73. The van der Waals surface area contributed by atoms with Crippen LogP contribution in [0.4, 0.5) is 5.69 Å². The maximum Gasteiger partial charge on any atom is 0.268 e. The first-order chi connectivity index (χ1) is 8.61. The fraction of sp³-hybridized carbons (Fsp3) is 0.182. The molecule has 0 saturated carbocycles. The molecular formula is C11H12BrN5O. The molecule has 0 aliphatic carbocycles. The minimum Gasteiger partial charge on any atom is -0.324 e. The summed E-state index contributed by atoms with van der Waals surface area (Å²) in [6.07, 6.45) is 3.13. The second kappa shape index (κ2) is 5.28. The average molecular weight is 310 g/mol. The van der Waals surface area contributed by atoms with Crippen molar-refractivity contribution in [3.8, 4) is 0 Å². The molecule has 0 spiro atoms. The highest BCUT2D eigenvalue weighted by atomic mass is 79.9. The van der Waals surface area contributed by atoms with E-state index in [1.54, 1.807) is 29.8 Å². The summed E-state index contributed by atoms with van der Waals surface area (Å²) >= 11 is 3.17. The zero-order valence-electron chi connectivity index (χ0n) is 9.72.